The minimum atomic E-state index is 0. The number of hydrogen-bond acceptors (Lipinski definition) is 4. The maximum atomic E-state index is 5.61. The molecule has 6 nitrogen and oxygen atoms in total. The first kappa shape index (κ1) is 20.2. The summed E-state index contributed by atoms with van der Waals surface area (Å²) >= 11 is 0. The Morgan fingerprint density at radius 3 is 2.92 bits per heavy atom. The highest BCUT2D eigenvalue weighted by Crippen LogP contribution is 2.28. The number of nitrogens with zero attached hydrogens (tertiary/aromatic N) is 3. The van der Waals surface area contributed by atoms with Gasteiger partial charge in [-0.1, -0.05) is 6.92 Å². The van der Waals surface area contributed by atoms with Crippen molar-refractivity contribution in [3.8, 4) is 0 Å². The molecule has 0 amide bonds. The minimum Gasteiger partial charge on any atom is -0.375 e. The fourth-order valence-electron chi connectivity index (χ4n) is 2.95. The van der Waals surface area contributed by atoms with Gasteiger partial charge in [0.25, 0.3) is 0 Å². The number of morpholine rings is 1. The average molecular weight is 459 g/mol. The number of hydrogen-bond donors (Lipinski definition) is 2. The molecule has 0 bridgehead atoms. The molecule has 3 rings (SSSR count). The third-order valence-corrected chi connectivity index (χ3v) is 4.57. The van der Waals surface area contributed by atoms with Crippen LogP contribution in [0.15, 0.2) is 23.3 Å². The predicted molar refractivity (Wildman–Crippen MR) is 113 cm³/mol. The molecule has 0 spiro atoms. The molecule has 1 saturated carbocycles. The quantitative estimate of drug-likeness (QED) is 0.403. The first-order valence-electron chi connectivity index (χ1n) is 9.02. The van der Waals surface area contributed by atoms with Crippen LogP contribution >= 0.6 is 24.0 Å². The normalized spacial score (nSPS) is 26.0. The predicted octanol–water partition coefficient (Wildman–Crippen LogP) is 2.39. The van der Waals surface area contributed by atoms with Crippen molar-refractivity contribution in [2.75, 3.05) is 31.1 Å². The van der Waals surface area contributed by atoms with E-state index in [1.807, 2.05) is 12.3 Å². The van der Waals surface area contributed by atoms with Crippen LogP contribution in [-0.2, 0) is 11.3 Å². The summed E-state index contributed by atoms with van der Waals surface area (Å²) in [7, 11) is 0. The molecular formula is C18H30IN5O. The van der Waals surface area contributed by atoms with E-state index in [0.29, 0.717) is 12.6 Å². The molecular weight excluding hydrogens is 429 g/mol. The van der Waals surface area contributed by atoms with Crippen LogP contribution in [0.1, 0.15) is 32.8 Å². The molecule has 1 aromatic heterocycles. The first-order chi connectivity index (χ1) is 11.7. The van der Waals surface area contributed by atoms with Crippen LogP contribution in [-0.4, -0.2) is 49.3 Å². The summed E-state index contributed by atoms with van der Waals surface area (Å²) in [5.74, 6) is 2.68. The van der Waals surface area contributed by atoms with Gasteiger partial charge in [0.15, 0.2) is 5.96 Å². The zero-order valence-corrected chi connectivity index (χ0v) is 17.7. The number of nitrogens with one attached hydrogen (secondary N) is 2. The van der Waals surface area contributed by atoms with E-state index in [1.165, 1.54) is 12.0 Å². The molecule has 1 aliphatic heterocycles. The molecule has 0 radical (unpaired) electrons. The molecule has 140 valence electrons. The fourth-order valence-corrected chi connectivity index (χ4v) is 2.95. The van der Waals surface area contributed by atoms with Crippen molar-refractivity contribution in [2.45, 2.75) is 45.9 Å². The SMILES string of the molecule is CCNC(=NCc1ccnc(N2CCOC(C)C2)c1)NC1CC1C.I. The largest absolute Gasteiger partial charge is 0.375 e. The molecule has 1 aromatic rings. The van der Waals surface area contributed by atoms with Crippen molar-refractivity contribution in [1.29, 1.82) is 0 Å². The molecule has 2 aliphatic rings. The first-order valence-corrected chi connectivity index (χ1v) is 9.02. The molecule has 1 saturated heterocycles. The smallest absolute Gasteiger partial charge is 0.191 e. The fraction of sp³-hybridized carbons (Fsp3) is 0.667. The van der Waals surface area contributed by atoms with Crippen LogP contribution in [0.5, 0.6) is 0 Å². The number of halogens is 1. The Kier molecular flexibility index (Phi) is 7.74. The van der Waals surface area contributed by atoms with Crippen LogP contribution in [0, 0.1) is 5.92 Å². The van der Waals surface area contributed by atoms with Gasteiger partial charge >= 0.3 is 0 Å². The van der Waals surface area contributed by atoms with Gasteiger partial charge < -0.3 is 20.3 Å². The molecule has 3 unspecified atom stereocenters. The number of anilines is 1. The third kappa shape index (κ3) is 5.99. The second-order valence-corrected chi connectivity index (χ2v) is 6.81. The van der Waals surface area contributed by atoms with E-state index < -0.39 is 0 Å². The van der Waals surface area contributed by atoms with Gasteiger partial charge in [-0.2, -0.15) is 0 Å². The summed E-state index contributed by atoms with van der Waals surface area (Å²) in [6, 6.07) is 4.76. The maximum absolute atomic E-state index is 5.61. The van der Waals surface area contributed by atoms with Gasteiger partial charge in [-0.3, -0.25) is 0 Å². The number of aliphatic imine (C=N–C) groups is 1. The van der Waals surface area contributed by atoms with Crippen LogP contribution in [0.4, 0.5) is 5.82 Å². The zero-order chi connectivity index (χ0) is 16.9. The standard InChI is InChI=1S/C18H29N5O.HI/c1-4-19-18(22-16-9-13(16)2)21-11-15-5-6-20-17(10-15)23-7-8-24-14(3)12-23;/h5-6,10,13-14,16H,4,7-9,11-12H2,1-3H3,(H2,19,21,22);1H. The highest BCUT2D eigenvalue weighted by atomic mass is 127. The molecule has 3 atom stereocenters. The minimum absolute atomic E-state index is 0. The zero-order valence-electron chi connectivity index (χ0n) is 15.4. The lowest BCUT2D eigenvalue weighted by Crippen LogP contribution is -2.41. The van der Waals surface area contributed by atoms with Crippen molar-refractivity contribution in [1.82, 2.24) is 15.6 Å². The molecule has 2 fully saturated rings. The molecule has 25 heavy (non-hydrogen) atoms. The summed E-state index contributed by atoms with van der Waals surface area (Å²) in [5, 5.41) is 6.82. The Morgan fingerprint density at radius 2 is 2.24 bits per heavy atom. The van der Waals surface area contributed by atoms with E-state index in [-0.39, 0.29) is 30.1 Å². The number of ether oxygens (including phenoxy) is 1. The second kappa shape index (κ2) is 9.56. The third-order valence-electron chi connectivity index (χ3n) is 4.57. The van der Waals surface area contributed by atoms with Gasteiger partial charge in [-0.05, 0) is 43.9 Å². The lowest BCUT2D eigenvalue weighted by atomic mass is 10.2. The topological polar surface area (TPSA) is 61.8 Å². The van der Waals surface area contributed by atoms with E-state index in [0.717, 1.165) is 43.9 Å². The number of rotatable bonds is 5. The lowest BCUT2D eigenvalue weighted by molar-refractivity contribution is 0.0529. The molecule has 0 aromatic carbocycles. The Labute approximate surface area is 167 Å². The summed E-state index contributed by atoms with van der Waals surface area (Å²) in [6.07, 6.45) is 3.37. The van der Waals surface area contributed by atoms with Gasteiger partial charge in [-0.15, -0.1) is 24.0 Å². The Balaban J connectivity index is 0.00000225. The summed E-state index contributed by atoms with van der Waals surface area (Å²) < 4.78 is 5.61. The van der Waals surface area contributed by atoms with Gasteiger partial charge in [-0.25, -0.2) is 9.98 Å². The average Bonchev–Trinajstić information content (AvgIpc) is 3.28. The van der Waals surface area contributed by atoms with Crippen molar-refractivity contribution < 1.29 is 4.74 Å². The van der Waals surface area contributed by atoms with E-state index in [1.54, 1.807) is 0 Å². The number of pyridine rings is 1. The van der Waals surface area contributed by atoms with Crippen molar-refractivity contribution in [2.24, 2.45) is 10.9 Å². The number of aromatic nitrogens is 1. The Hall–Kier alpha value is -1.09. The Morgan fingerprint density at radius 1 is 1.44 bits per heavy atom. The molecule has 2 heterocycles. The maximum Gasteiger partial charge on any atom is 0.191 e. The van der Waals surface area contributed by atoms with Gasteiger partial charge in [0.05, 0.1) is 19.3 Å². The van der Waals surface area contributed by atoms with E-state index in [9.17, 15) is 0 Å². The summed E-state index contributed by atoms with van der Waals surface area (Å²) in [4.78, 5) is 11.5. The highest BCUT2D eigenvalue weighted by Gasteiger charge is 2.33. The van der Waals surface area contributed by atoms with E-state index in [4.69, 9.17) is 9.73 Å². The summed E-state index contributed by atoms with van der Waals surface area (Å²) in [5.41, 5.74) is 1.18. The van der Waals surface area contributed by atoms with Crippen LogP contribution in [0.25, 0.3) is 0 Å². The number of guanidine groups is 1. The van der Waals surface area contributed by atoms with Gasteiger partial charge in [0.1, 0.15) is 5.82 Å². The van der Waals surface area contributed by atoms with E-state index in [2.05, 4.69) is 47.4 Å². The Bertz CT molecular complexity index is 582. The van der Waals surface area contributed by atoms with Crippen molar-refractivity contribution in [3.05, 3.63) is 23.9 Å². The van der Waals surface area contributed by atoms with Gasteiger partial charge in [0, 0.05) is 31.9 Å². The van der Waals surface area contributed by atoms with Crippen LogP contribution < -0.4 is 15.5 Å². The monoisotopic (exact) mass is 459 g/mol. The second-order valence-electron chi connectivity index (χ2n) is 6.81. The lowest BCUT2D eigenvalue weighted by Gasteiger charge is -2.32. The van der Waals surface area contributed by atoms with Gasteiger partial charge in [0.2, 0.25) is 0 Å². The molecule has 2 N–H and O–H groups in total. The van der Waals surface area contributed by atoms with Crippen LogP contribution in [0.3, 0.4) is 0 Å². The highest BCUT2D eigenvalue weighted by molar-refractivity contribution is 14.0. The van der Waals surface area contributed by atoms with Crippen molar-refractivity contribution in [3.63, 3.8) is 0 Å². The van der Waals surface area contributed by atoms with Crippen LogP contribution in [0.2, 0.25) is 0 Å². The van der Waals surface area contributed by atoms with E-state index >= 15 is 0 Å². The summed E-state index contributed by atoms with van der Waals surface area (Å²) in [6.45, 7) is 10.5. The van der Waals surface area contributed by atoms with Crippen molar-refractivity contribution >= 4 is 35.8 Å². The molecule has 1 aliphatic carbocycles. The molecule has 7 heteroatoms.